The average Bonchev–Trinajstić information content (AvgIpc) is 2.53. The summed E-state index contributed by atoms with van der Waals surface area (Å²) in [5.41, 5.74) is 2.19. The Morgan fingerprint density at radius 1 is 1.15 bits per heavy atom. The first-order chi connectivity index (χ1) is 12.4. The van der Waals surface area contributed by atoms with Gasteiger partial charge < -0.3 is 25.3 Å². The van der Waals surface area contributed by atoms with Crippen molar-refractivity contribution >= 4 is 18.2 Å². The van der Waals surface area contributed by atoms with Crippen LogP contribution in [0.1, 0.15) is 47.5 Å². The van der Waals surface area contributed by atoms with Crippen LogP contribution in [0, 0.1) is 10.8 Å². The van der Waals surface area contributed by atoms with Crippen LogP contribution in [0.2, 0.25) is 0 Å². The molecule has 6 N–H and O–H groups in total. The number of rotatable bonds is 13. The van der Waals surface area contributed by atoms with E-state index in [2.05, 4.69) is 43.8 Å². The molecular formula is C18H38N4O5. The van der Waals surface area contributed by atoms with Crippen molar-refractivity contribution in [1.82, 2.24) is 16.1 Å². The maximum absolute atomic E-state index is 10.8. The first-order valence-electron chi connectivity index (χ1n) is 9.00. The lowest BCUT2D eigenvalue weighted by Gasteiger charge is -2.29. The van der Waals surface area contributed by atoms with Gasteiger partial charge in [0.1, 0.15) is 12.3 Å². The summed E-state index contributed by atoms with van der Waals surface area (Å²) in [5, 5.41) is 14.3. The molecule has 0 spiro atoms. The Morgan fingerprint density at radius 2 is 1.67 bits per heavy atom. The molecule has 0 aliphatic carbocycles. The first-order valence-corrected chi connectivity index (χ1v) is 9.00. The molecule has 0 aliphatic rings. The van der Waals surface area contributed by atoms with E-state index in [-0.39, 0.29) is 29.6 Å². The van der Waals surface area contributed by atoms with Gasteiger partial charge in [-0.25, -0.2) is 5.43 Å². The predicted molar refractivity (Wildman–Crippen MR) is 105 cm³/mol. The van der Waals surface area contributed by atoms with E-state index < -0.39 is 12.0 Å². The summed E-state index contributed by atoms with van der Waals surface area (Å²) in [6.07, 6.45) is 1.10. The molecule has 0 heterocycles. The summed E-state index contributed by atoms with van der Waals surface area (Å²) in [5.74, 6) is 3.84. The number of hydrogen-bond acceptors (Lipinski definition) is 7. The zero-order valence-corrected chi connectivity index (χ0v) is 17.6. The van der Waals surface area contributed by atoms with Crippen LogP contribution in [0.15, 0.2) is 0 Å². The van der Waals surface area contributed by atoms with Crippen molar-refractivity contribution in [2.24, 2.45) is 16.7 Å². The zero-order valence-electron chi connectivity index (χ0n) is 17.6. The third kappa shape index (κ3) is 17.6. The minimum Gasteiger partial charge on any atom is -0.480 e. The summed E-state index contributed by atoms with van der Waals surface area (Å²) >= 11 is 0. The molecule has 1 amide bonds. The van der Waals surface area contributed by atoms with E-state index in [0.29, 0.717) is 19.4 Å². The van der Waals surface area contributed by atoms with E-state index in [4.69, 9.17) is 15.7 Å². The van der Waals surface area contributed by atoms with Crippen LogP contribution in [0.4, 0.5) is 0 Å². The van der Waals surface area contributed by atoms with Gasteiger partial charge in [0.25, 0.3) is 0 Å². The number of nitrogens with one attached hydrogen (secondary N) is 3. The molecule has 160 valence electrons. The highest BCUT2D eigenvalue weighted by molar-refractivity contribution is 5.73. The van der Waals surface area contributed by atoms with Crippen molar-refractivity contribution in [2.45, 2.75) is 53.5 Å². The fraction of sp³-hybridized carbons (Fsp3) is 0.833. The summed E-state index contributed by atoms with van der Waals surface area (Å²) < 4.78 is 5.76. The van der Waals surface area contributed by atoms with Crippen molar-refractivity contribution in [3.63, 3.8) is 0 Å². The van der Waals surface area contributed by atoms with Crippen LogP contribution < -0.4 is 21.9 Å². The van der Waals surface area contributed by atoms with E-state index in [1.807, 2.05) is 7.05 Å². The number of carbonyl (C=O) groups is 3. The van der Waals surface area contributed by atoms with Gasteiger partial charge in [-0.15, -0.1) is 0 Å². The van der Waals surface area contributed by atoms with Gasteiger partial charge in [0.2, 0.25) is 5.91 Å². The van der Waals surface area contributed by atoms with Crippen molar-refractivity contribution in [3.05, 3.63) is 0 Å². The second kappa shape index (κ2) is 14.5. The Bertz CT molecular complexity index is 441. The van der Waals surface area contributed by atoms with E-state index >= 15 is 0 Å². The molecule has 0 aliphatic heterocycles. The second-order valence-electron chi connectivity index (χ2n) is 8.06. The topological polar surface area (TPSA) is 143 Å². The lowest BCUT2D eigenvalue weighted by atomic mass is 9.93. The zero-order chi connectivity index (χ0) is 21.5. The summed E-state index contributed by atoms with van der Waals surface area (Å²) in [6, 6.07) is -0.815. The predicted octanol–water partition coefficient (Wildman–Crippen LogP) is 0.293. The molecule has 0 bridgehead atoms. The number of carboxylic acids is 1. The van der Waals surface area contributed by atoms with Crippen LogP contribution in [-0.4, -0.2) is 62.7 Å². The molecule has 0 saturated carbocycles. The van der Waals surface area contributed by atoms with Crippen molar-refractivity contribution < 1.29 is 24.2 Å². The maximum Gasteiger partial charge on any atom is 0.322 e. The minimum absolute atomic E-state index is 0.00795. The summed E-state index contributed by atoms with van der Waals surface area (Å²) in [4.78, 5) is 30.8. The van der Waals surface area contributed by atoms with Gasteiger partial charge in [0.15, 0.2) is 0 Å². The number of nitrogens with two attached hydrogens (primary N) is 1. The monoisotopic (exact) mass is 390 g/mol. The van der Waals surface area contributed by atoms with Crippen molar-refractivity contribution in [1.29, 1.82) is 0 Å². The van der Waals surface area contributed by atoms with E-state index in [1.54, 1.807) is 0 Å². The van der Waals surface area contributed by atoms with Crippen molar-refractivity contribution in [2.75, 3.05) is 33.4 Å². The Balaban J connectivity index is 0. The van der Waals surface area contributed by atoms with Gasteiger partial charge in [-0.1, -0.05) is 27.7 Å². The van der Waals surface area contributed by atoms with Crippen LogP contribution in [0.25, 0.3) is 0 Å². The number of aldehydes is 1. The van der Waals surface area contributed by atoms with Crippen LogP contribution >= 0.6 is 0 Å². The molecule has 9 nitrogen and oxygen atoms in total. The largest absolute Gasteiger partial charge is 0.480 e. The van der Waals surface area contributed by atoms with Gasteiger partial charge in [0.05, 0.1) is 13.2 Å². The fourth-order valence-corrected chi connectivity index (χ4v) is 2.06. The summed E-state index contributed by atoms with van der Waals surface area (Å²) in [7, 11) is 1.95. The lowest BCUT2D eigenvalue weighted by molar-refractivity contribution is -0.139. The summed E-state index contributed by atoms with van der Waals surface area (Å²) in [6.45, 7) is 13.0. The number of hydrazine groups is 1. The van der Waals surface area contributed by atoms with Crippen molar-refractivity contribution in [3.8, 4) is 0 Å². The SMILES string of the molecule is CNCC(C)(C)COCC(C)(C)CNC(C)=O.NNC(CCC=O)C(=O)O. The van der Waals surface area contributed by atoms with E-state index in [0.717, 1.165) is 13.2 Å². The molecule has 0 radical (unpaired) electrons. The molecule has 0 aromatic rings. The number of ether oxygens (including phenoxy) is 1. The van der Waals surface area contributed by atoms with Gasteiger partial charge in [-0.05, 0) is 13.5 Å². The molecule has 0 aromatic heterocycles. The third-order valence-electron chi connectivity index (χ3n) is 3.53. The Labute approximate surface area is 162 Å². The van der Waals surface area contributed by atoms with Crippen LogP contribution in [0.3, 0.4) is 0 Å². The van der Waals surface area contributed by atoms with Crippen LogP contribution in [0.5, 0.6) is 0 Å². The normalized spacial score (nSPS) is 12.6. The molecule has 0 saturated heterocycles. The molecule has 9 heteroatoms. The highest BCUT2D eigenvalue weighted by Crippen LogP contribution is 2.18. The van der Waals surface area contributed by atoms with Crippen LogP contribution in [-0.2, 0) is 19.1 Å². The standard InChI is InChI=1S/C13H28N2O2.C5H10N2O3/c1-11(16)15-8-13(4,5)10-17-9-12(2,3)7-14-6;6-7-4(5(9)10)2-1-3-8/h14H,7-10H2,1-6H3,(H,15,16);3-4,7H,1-2,6H2,(H,9,10). The molecule has 1 atom stereocenters. The quantitative estimate of drug-likeness (QED) is 0.172. The molecular weight excluding hydrogens is 352 g/mol. The third-order valence-corrected chi connectivity index (χ3v) is 3.53. The Hall–Kier alpha value is -1.55. The Kier molecular flexibility index (Phi) is 14.9. The molecule has 0 fully saturated rings. The maximum atomic E-state index is 10.8. The highest BCUT2D eigenvalue weighted by atomic mass is 16.5. The number of amides is 1. The number of hydrogen-bond donors (Lipinski definition) is 5. The number of aliphatic carboxylic acids is 1. The fourth-order valence-electron chi connectivity index (χ4n) is 2.06. The lowest BCUT2D eigenvalue weighted by Crippen LogP contribution is -2.41. The second-order valence-corrected chi connectivity index (χ2v) is 8.06. The van der Waals surface area contributed by atoms with Gasteiger partial charge in [-0.2, -0.15) is 0 Å². The van der Waals surface area contributed by atoms with Gasteiger partial charge >= 0.3 is 5.97 Å². The minimum atomic E-state index is -1.04. The molecule has 27 heavy (non-hydrogen) atoms. The Morgan fingerprint density at radius 3 is 2.04 bits per heavy atom. The van der Waals surface area contributed by atoms with Gasteiger partial charge in [-0.3, -0.25) is 15.4 Å². The smallest absolute Gasteiger partial charge is 0.322 e. The average molecular weight is 391 g/mol. The molecule has 0 rings (SSSR count). The van der Waals surface area contributed by atoms with E-state index in [9.17, 15) is 14.4 Å². The number of carbonyl (C=O) groups excluding carboxylic acids is 2. The highest BCUT2D eigenvalue weighted by Gasteiger charge is 2.22. The molecule has 1 unspecified atom stereocenters. The first kappa shape index (κ1) is 27.7. The molecule has 0 aromatic carbocycles. The number of carboxylic acid groups (broad SMARTS) is 1. The van der Waals surface area contributed by atoms with Gasteiger partial charge in [0, 0.05) is 37.3 Å². The van der Waals surface area contributed by atoms with E-state index in [1.165, 1.54) is 6.92 Å².